The average molecular weight is 282 g/mol. The van der Waals surface area contributed by atoms with Gasteiger partial charge in [-0.1, -0.05) is 6.42 Å². The molecule has 2 unspecified atom stereocenters. The SMILES string of the molecule is NNC(Cc1cn2ccsc2n1)C1CCCCS1. The molecule has 2 atom stereocenters. The molecule has 0 aliphatic carbocycles. The van der Waals surface area contributed by atoms with Crippen molar-refractivity contribution in [2.75, 3.05) is 5.75 Å². The lowest BCUT2D eigenvalue weighted by Crippen LogP contribution is -2.45. The Balaban J connectivity index is 1.70. The molecule has 4 nitrogen and oxygen atoms in total. The number of rotatable bonds is 4. The summed E-state index contributed by atoms with van der Waals surface area (Å²) in [6.07, 6.45) is 9.03. The minimum Gasteiger partial charge on any atom is -0.297 e. The van der Waals surface area contributed by atoms with E-state index in [4.69, 9.17) is 5.84 Å². The Bertz CT molecular complexity index is 472. The molecule has 3 rings (SSSR count). The molecule has 3 N–H and O–H groups in total. The molecule has 2 aromatic rings. The normalized spacial score (nSPS) is 22.4. The first kappa shape index (κ1) is 12.5. The van der Waals surface area contributed by atoms with Crippen LogP contribution in [-0.4, -0.2) is 26.4 Å². The number of thiazole rings is 1. The number of nitrogens with one attached hydrogen (secondary N) is 1. The third-order valence-electron chi connectivity index (χ3n) is 3.45. The average Bonchev–Trinajstić information content (AvgIpc) is 2.97. The second-order valence-electron chi connectivity index (χ2n) is 4.71. The number of nitrogens with zero attached hydrogens (tertiary/aromatic N) is 2. The monoisotopic (exact) mass is 282 g/mol. The minimum absolute atomic E-state index is 0.333. The highest BCUT2D eigenvalue weighted by atomic mass is 32.2. The smallest absolute Gasteiger partial charge is 0.193 e. The molecule has 0 amide bonds. The second-order valence-corrected chi connectivity index (χ2v) is 6.93. The standard InChI is InChI=1S/C12H18N4S2/c13-15-10(11-3-1-2-5-17-11)7-9-8-16-4-6-18-12(16)14-9/h4,6,8,10-11,15H,1-3,5,7,13H2. The largest absolute Gasteiger partial charge is 0.297 e. The number of aromatic nitrogens is 2. The van der Waals surface area contributed by atoms with Crippen LogP contribution in [0.15, 0.2) is 17.8 Å². The maximum atomic E-state index is 5.73. The zero-order chi connectivity index (χ0) is 12.4. The molecule has 18 heavy (non-hydrogen) atoms. The van der Waals surface area contributed by atoms with Gasteiger partial charge in [0.15, 0.2) is 4.96 Å². The van der Waals surface area contributed by atoms with Crippen LogP contribution in [0, 0.1) is 0 Å². The van der Waals surface area contributed by atoms with Gasteiger partial charge in [-0.2, -0.15) is 11.8 Å². The van der Waals surface area contributed by atoms with Gasteiger partial charge in [0, 0.05) is 35.5 Å². The first-order valence-electron chi connectivity index (χ1n) is 6.35. The zero-order valence-electron chi connectivity index (χ0n) is 10.2. The van der Waals surface area contributed by atoms with Crippen molar-refractivity contribution in [2.24, 2.45) is 5.84 Å². The third-order valence-corrected chi connectivity index (χ3v) is 5.74. The number of fused-ring (bicyclic) bond motifs is 1. The molecule has 98 valence electrons. The number of thioether (sulfide) groups is 1. The van der Waals surface area contributed by atoms with Gasteiger partial charge in [-0.25, -0.2) is 4.98 Å². The maximum absolute atomic E-state index is 5.73. The van der Waals surface area contributed by atoms with Crippen molar-refractivity contribution < 1.29 is 0 Å². The number of hydrogen-bond donors (Lipinski definition) is 2. The predicted molar refractivity (Wildman–Crippen MR) is 78.0 cm³/mol. The third kappa shape index (κ3) is 2.56. The van der Waals surface area contributed by atoms with Gasteiger partial charge in [0.05, 0.1) is 5.69 Å². The number of nitrogens with two attached hydrogens (primary N) is 1. The van der Waals surface area contributed by atoms with Gasteiger partial charge in [-0.15, -0.1) is 11.3 Å². The van der Waals surface area contributed by atoms with Crippen LogP contribution in [0.25, 0.3) is 4.96 Å². The second kappa shape index (κ2) is 5.61. The molecule has 2 aromatic heterocycles. The molecule has 0 aromatic carbocycles. The van der Waals surface area contributed by atoms with Crippen molar-refractivity contribution in [3.8, 4) is 0 Å². The molecule has 6 heteroatoms. The number of imidazole rings is 1. The Labute approximate surface area is 115 Å². The zero-order valence-corrected chi connectivity index (χ0v) is 11.8. The predicted octanol–water partition coefficient (Wildman–Crippen LogP) is 2.06. The van der Waals surface area contributed by atoms with Crippen LogP contribution in [0.5, 0.6) is 0 Å². The lowest BCUT2D eigenvalue weighted by atomic mass is 10.0. The molecule has 0 spiro atoms. The van der Waals surface area contributed by atoms with E-state index in [2.05, 4.69) is 32.6 Å². The van der Waals surface area contributed by atoms with Crippen LogP contribution in [-0.2, 0) is 6.42 Å². The lowest BCUT2D eigenvalue weighted by molar-refractivity contribution is 0.469. The Morgan fingerprint density at radius 2 is 2.50 bits per heavy atom. The fourth-order valence-electron chi connectivity index (χ4n) is 2.48. The van der Waals surface area contributed by atoms with E-state index in [9.17, 15) is 0 Å². The fraction of sp³-hybridized carbons (Fsp3) is 0.583. The van der Waals surface area contributed by atoms with Gasteiger partial charge in [0.1, 0.15) is 0 Å². The van der Waals surface area contributed by atoms with Gasteiger partial charge in [0.2, 0.25) is 0 Å². The van der Waals surface area contributed by atoms with E-state index < -0.39 is 0 Å². The summed E-state index contributed by atoms with van der Waals surface area (Å²) < 4.78 is 2.08. The van der Waals surface area contributed by atoms with Crippen molar-refractivity contribution in [3.05, 3.63) is 23.5 Å². The molecule has 1 saturated heterocycles. The summed E-state index contributed by atoms with van der Waals surface area (Å²) in [5.74, 6) is 6.99. The summed E-state index contributed by atoms with van der Waals surface area (Å²) in [6, 6.07) is 0.333. The van der Waals surface area contributed by atoms with E-state index >= 15 is 0 Å². The Morgan fingerprint density at radius 3 is 3.22 bits per heavy atom. The maximum Gasteiger partial charge on any atom is 0.193 e. The van der Waals surface area contributed by atoms with E-state index in [0.717, 1.165) is 17.1 Å². The summed E-state index contributed by atoms with van der Waals surface area (Å²) in [6.45, 7) is 0. The van der Waals surface area contributed by atoms with Crippen LogP contribution in [0.3, 0.4) is 0 Å². The van der Waals surface area contributed by atoms with Crippen LogP contribution < -0.4 is 11.3 Å². The quantitative estimate of drug-likeness (QED) is 0.666. The summed E-state index contributed by atoms with van der Waals surface area (Å²) in [5.41, 5.74) is 4.13. The molecular formula is C12H18N4S2. The van der Waals surface area contributed by atoms with Crippen molar-refractivity contribution in [1.82, 2.24) is 14.8 Å². The molecule has 0 bridgehead atoms. The Hall–Kier alpha value is -0.560. The van der Waals surface area contributed by atoms with Gasteiger partial charge >= 0.3 is 0 Å². The first-order chi connectivity index (χ1) is 8.86. The summed E-state index contributed by atoms with van der Waals surface area (Å²) in [5, 5.41) is 2.69. The minimum atomic E-state index is 0.333. The van der Waals surface area contributed by atoms with Crippen LogP contribution in [0.4, 0.5) is 0 Å². The van der Waals surface area contributed by atoms with Crippen LogP contribution in [0.1, 0.15) is 25.0 Å². The van der Waals surface area contributed by atoms with E-state index in [0.29, 0.717) is 11.3 Å². The van der Waals surface area contributed by atoms with E-state index in [1.54, 1.807) is 11.3 Å². The lowest BCUT2D eigenvalue weighted by Gasteiger charge is -2.28. The van der Waals surface area contributed by atoms with Crippen molar-refractivity contribution in [3.63, 3.8) is 0 Å². The highest BCUT2D eigenvalue weighted by Crippen LogP contribution is 2.28. The number of hydrogen-bond acceptors (Lipinski definition) is 5. The van der Waals surface area contributed by atoms with Crippen molar-refractivity contribution in [1.29, 1.82) is 0 Å². The summed E-state index contributed by atoms with van der Waals surface area (Å²) >= 11 is 3.72. The highest BCUT2D eigenvalue weighted by molar-refractivity contribution is 8.00. The van der Waals surface area contributed by atoms with Crippen LogP contribution >= 0.6 is 23.1 Å². The van der Waals surface area contributed by atoms with Gasteiger partial charge < -0.3 is 0 Å². The van der Waals surface area contributed by atoms with E-state index in [1.165, 1.54) is 25.0 Å². The summed E-state index contributed by atoms with van der Waals surface area (Å²) in [4.78, 5) is 5.70. The fourth-order valence-corrected chi connectivity index (χ4v) is 4.61. The highest BCUT2D eigenvalue weighted by Gasteiger charge is 2.24. The molecule has 1 aliphatic rings. The Kier molecular flexibility index (Phi) is 3.88. The Morgan fingerprint density at radius 1 is 1.56 bits per heavy atom. The number of hydrazine groups is 1. The topological polar surface area (TPSA) is 55.3 Å². The molecule has 0 saturated carbocycles. The summed E-state index contributed by atoms with van der Waals surface area (Å²) in [7, 11) is 0. The molecule has 1 aliphatic heterocycles. The van der Waals surface area contributed by atoms with Gasteiger partial charge in [-0.05, 0) is 18.6 Å². The molecular weight excluding hydrogens is 264 g/mol. The van der Waals surface area contributed by atoms with Crippen molar-refractivity contribution in [2.45, 2.75) is 37.0 Å². The van der Waals surface area contributed by atoms with Crippen LogP contribution in [0.2, 0.25) is 0 Å². The van der Waals surface area contributed by atoms with E-state index in [-0.39, 0.29) is 0 Å². The molecule has 0 radical (unpaired) electrons. The first-order valence-corrected chi connectivity index (χ1v) is 8.28. The van der Waals surface area contributed by atoms with Gasteiger partial charge in [0.25, 0.3) is 0 Å². The van der Waals surface area contributed by atoms with Gasteiger partial charge in [-0.3, -0.25) is 15.7 Å². The molecule has 1 fully saturated rings. The van der Waals surface area contributed by atoms with Crippen molar-refractivity contribution >= 4 is 28.1 Å². The van der Waals surface area contributed by atoms with E-state index in [1.807, 2.05) is 11.8 Å². The molecule has 3 heterocycles.